The Hall–Kier alpha value is -1.79. The van der Waals surface area contributed by atoms with Crippen LogP contribution < -0.4 is 11.1 Å². The van der Waals surface area contributed by atoms with Crippen molar-refractivity contribution in [2.75, 3.05) is 58.4 Å². The molecule has 21 heavy (non-hydrogen) atoms. The third-order valence-electron chi connectivity index (χ3n) is 3.96. The molecule has 1 heterocycles. The average Bonchev–Trinajstić information content (AvgIpc) is 2.48. The van der Waals surface area contributed by atoms with Crippen LogP contribution in [0.2, 0.25) is 0 Å². The number of likely N-dealkylation sites (N-methyl/N-ethyl adjacent to an activating group) is 2. The minimum Gasteiger partial charge on any atom is -0.465 e. The van der Waals surface area contributed by atoms with E-state index >= 15 is 0 Å². The quantitative estimate of drug-likeness (QED) is 0.629. The summed E-state index contributed by atoms with van der Waals surface area (Å²) in [6, 6.07) is 5.66. The lowest BCUT2D eigenvalue weighted by molar-refractivity contribution is 0.0601. The van der Waals surface area contributed by atoms with E-state index in [0.29, 0.717) is 17.3 Å². The van der Waals surface area contributed by atoms with Gasteiger partial charge < -0.3 is 20.7 Å². The van der Waals surface area contributed by atoms with Gasteiger partial charge in [0.25, 0.3) is 0 Å². The van der Waals surface area contributed by atoms with E-state index in [1.807, 2.05) is 6.07 Å². The molecule has 0 aromatic heterocycles. The Kier molecular flexibility index (Phi) is 5.03. The summed E-state index contributed by atoms with van der Waals surface area (Å²) < 4.78 is 4.81. The number of nitrogens with one attached hydrogen (secondary N) is 1. The zero-order valence-electron chi connectivity index (χ0n) is 12.9. The smallest absolute Gasteiger partial charge is 0.340 e. The van der Waals surface area contributed by atoms with Crippen molar-refractivity contribution in [2.24, 2.45) is 0 Å². The van der Waals surface area contributed by atoms with E-state index < -0.39 is 0 Å². The minimum absolute atomic E-state index is 0.376. The molecule has 1 atom stereocenters. The Balaban J connectivity index is 2.07. The third-order valence-corrected chi connectivity index (χ3v) is 3.96. The van der Waals surface area contributed by atoms with Crippen LogP contribution in [0.4, 0.5) is 11.4 Å². The Morgan fingerprint density at radius 1 is 1.43 bits per heavy atom. The van der Waals surface area contributed by atoms with Crippen LogP contribution in [0, 0.1) is 0 Å². The molecule has 0 amide bonds. The number of rotatable bonds is 4. The highest BCUT2D eigenvalue weighted by Crippen LogP contribution is 2.20. The zero-order chi connectivity index (χ0) is 15.4. The van der Waals surface area contributed by atoms with Crippen molar-refractivity contribution >= 4 is 17.3 Å². The summed E-state index contributed by atoms with van der Waals surface area (Å²) in [4.78, 5) is 16.5. The van der Waals surface area contributed by atoms with Crippen LogP contribution in [-0.2, 0) is 4.74 Å². The number of nitrogens with zero attached hydrogens (tertiary/aromatic N) is 2. The molecule has 1 aliphatic rings. The average molecular weight is 292 g/mol. The molecule has 1 aromatic rings. The molecule has 6 nitrogen and oxygen atoms in total. The van der Waals surface area contributed by atoms with Gasteiger partial charge in [0, 0.05) is 43.6 Å². The molecule has 0 radical (unpaired) electrons. The second kappa shape index (κ2) is 6.78. The summed E-state index contributed by atoms with van der Waals surface area (Å²) in [6.45, 7) is 3.91. The molecule has 1 unspecified atom stereocenters. The summed E-state index contributed by atoms with van der Waals surface area (Å²) in [5.74, 6) is -0.376. The number of methoxy groups -OCH3 is 1. The first-order valence-corrected chi connectivity index (χ1v) is 7.11. The van der Waals surface area contributed by atoms with Crippen LogP contribution in [0.15, 0.2) is 18.2 Å². The van der Waals surface area contributed by atoms with Gasteiger partial charge in [-0.1, -0.05) is 0 Å². The van der Waals surface area contributed by atoms with Gasteiger partial charge in [-0.25, -0.2) is 4.79 Å². The van der Waals surface area contributed by atoms with E-state index in [9.17, 15) is 4.79 Å². The van der Waals surface area contributed by atoms with E-state index in [2.05, 4.69) is 29.2 Å². The van der Waals surface area contributed by atoms with Gasteiger partial charge in [-0.05, 0) is 32.3 Å². The maximum absolute atomic E-state index is 11.8. The highest BCUT2D eigenvalue weighted by molar-refractivity contribution is 5.96. The SMILES string of the molecule is COC(=O)c1cc(N)ccc1NCC1CN(C)CCN1C. The molecule has 116 valence electrons. The van der Waals surface area contributed by atoms with Crippen molar-refractivity contribution in [3.8, 4) is 0 Å². The van der Waals surface area contributed by atoms with Gasteiger partial charge in [-0.3, -0.25) is 4.90 Å². The number of nitrogens with two attached hydrogens (primary N) is 1. The number of piperazine rings is 1. The van der Waals surface area contributed by atoms with Crippen LogP contribution in [0.25, 0.3) is 0 Å². The van der Waals surface area contributed by atoms with E-state index in [-0.39, 0.29) is 5.97 Å². The summed E-state index contributed by atoms with van der Waals surface area (Å²) in [5, 5.41) is 3.35. The number of hydrogen-bond acceptors (Lipinski definition) is 6. The number of anilines is 2. The number of hydrogen-bond donors (Lipinski definition) is 2. The highest BCUT2D eigenvalue weighted by Gasteiger charge is 2.22. The van der Waals surface area contributed by atoms with Crippen molar-refractivity contribution in [2.45, 2.75) is 6.04 Å². The lowest BCUT2D eigenvalue weighted by atomic mass is 10.1. The molecule has 1 saturated heterocycles. The predicted octanol–water partition coefficient (Wildman–Crippen LogP) is 0.713. The number of ether oxygens (including phenoxy) is 1. The Bertz CT molecular complexity index is 506. The van der Waals surface area contributed by atoms with Crippen molar-refractivity contribution in [3.63, 3.8) is 0 Å². The van der Waals surface area contributed by atoms with Crippen LogP contribution in [0.1, 0.15) is 10.4 Å². The Labute approximate surface area is 125 Å². The first kappa shape index (κ1) is 15.6. The van der Waals surface area contributed by atoms with Crippen LogP contribution in [0.5, 0.6) is 0 Å². The van der Waals surface area contributed by atoms with Gasteiger partial charge >= 0.3 is 5.97 Å². The Morgan fingerprint density at radius 3 is 2.90 bits per heavy atom. The zero-order valence-corrected chi connectivity index (χ0v) is 12.9. The number of carbonyl (C=O) groups excluding carboxylic acids is 1. The third kappa shape index (κ3) is 3.86. The predicted molar refractivity (Wildman–Crippen MR) is 84.6 cm³/mol. The lowest BCUT2D eigenvalue weighted by Gasteiger charge is -2.38. The number of carbonyl (C=O) groups is 1. The largest absolute Gasteiger partial charge is 0.465 e. The molecule has 1 aromatic carbocycles. The van der Waals surface area contributed by atoms with Crippen LogP contribution >= 0.6 is 0 Å². The van der Waals surface area contributed by atoms with Gasteiger partial charge in [-0.15, -0.1) is 0 Å². The molecule has 6 heteroatoms. The summed E-state index contributed by atoms with van der Waals surface area (Å²) in [5.41, 5.74) is 7.54. The summed E-state index contributed by atoms with van der Waals surface area (Å²) >= 11 is 0. The fourth-order valence-electron chi connectivity index (χ4n) is 2.54. The second-order valence-electron chi connectivity index (χ2n) is 5.57. The van der Waals surface area contributed by atoms with Crippen molar-refractivity contribution in [3.05, 3.63) is 23.8 Å². The first-order valence-electron chi connectivity index (χ1n) is 7.11. The molecule has 1 aliphatic heterocycles. The molecule has 1 fully saturated rings. The van der Waals surface area contributed by atoms with Gasteiger partial charge in [0.2, 0.25) is 0 Å². The summed E-state index contributed by atoms with van der Waals surface area (Å²) in [7, 11) is 5.63. The molecule has 0 bridgehead atoms. The Morgan fingerprint density at radius 2 is 2.19 bits per heavy atom. The molecule has 2 rings (SSSR count). The minimum atomic E-state index is -0.376. The topological polar surface area (TPSA) is 70.8 Å². The monoisotopic (exact) mass is 292 g/mol. The van der Waals surface area contributed by atoms with E-state index in [1.165, 1.54) is 7.11 Å². The van der Waals surface area contributed by atoms with Crippen LogP contribution in [-0.4, -0.2) is 69.2 Å². The first-order chi connectivity index (χ1) is 10.0. The molecule has 0 spiro atoms. The number of esters is 1. The molecule has 3 N–H and O–H groups in total. The number of nitrogen functional groups attached to an aromatic ring is 1. The van der Waals surface area contributed by atoms with Crippen LogP contribution in [0.3, 0.4) is 0 Å². The lowest BCUT2D eigenvalue weighted by Crippen LogP contribution is -2.52. The molecule has 0 aliphatic carbocycles. The standard InChI is InChI=1S/C15H24N4O2/c1-18-6-7-19(2)12(10-18)9-17-14-5-4-11(16)8-13(14)15(20)21-3/h4-5,8,12,17H,6-7,9-10,16H2,1-3H3. The number of benzene rings is 1. The van der Waals surface area contributed by atoms with Gasteiger partial charge in [0.15, 0.2) is 0 Å². The fourth-order valence-corrected chi connectivity index (χ4v) is 2.54. The second-order valence-corrected chi connectivity index (χ2v) is 5.57. The van der Waals surface area contributed by atoms with E-state index in [0.717, 1.165) is 31.9 Å². The van der Waals surface area contributed by atoms with Crippen molar-refractivity contribution in [1.29, 1.82) is 0 Å². The molecular formula is C15H24N4O2. The van der Waals surface area contributed by atoms with Gasteiger partial charge in [0.1, 0.15) is 0 Å². The molecular weight excluding hydrogens is 268 g/mol. The van der Waals surface area contributed by atoms with E-state index in [1.54, 1.807) is 12.1 Å². The van der Waals surface area contributed by atoms with Gasteiger partial charge in [-0.2, -0.15) is 0 Å². The molecule has 0 saturated carbocycles. The maximum atomic E-state index is 11.8. The summed E-state index contributed by atoms with van der Waals surface area (Å²) in [6.07, 6.45) is 0. The maximum Gasteiger partial charge on any atom is 0.340 e. The van der Waals surface area contributed by atoms with Crippen molar-refractivity contribution < 1.29 is 9.53 Å². The van der Waals surface area contributed by atoms with Crippen molar-refractivity contribution in [1.82, 2.24) is 9.80 Å². The van der Waals surface area contributed by atoms with Gasteiger partial charge in [0.05, 0.1) is 12.7 Å². The van der Waals surface area contributed by atoms with E-state index in [4.69, 9.17) is 10.5 Å². The normalized spacial score (nSPS) is 20.2. The highest BCUT2D eigenvalue weighted by atomic mass is 16.5. The fraction of sp³-hybridized carbons (Fsp3) is 0.533.